The van der Waals surface area contributed by atoms with Gasteiger partial charge in [0.15, 0.2) is 4.80 Å². The van der Waals surface area contributed by atoms with Gasteiger partial charge in [-0.2, -0.15) is 0 Å². The number of furan rings is 1. The smallest absolute Gasteiger partial charge is 0.379 e. The number of para-hydroxylation sites is 1. The third-order valence-electron chi connectivity index (χ3n) is 7.09. The average Bonchev–Trinajstić information content (AvgIpc) is 3.69. The van der Waals surface area contributed by atoms with Crippen molar-refractivity contribution < 1.29 is 28.3 Å². The molecule has 0 aliphatic carbocycles. The van der Waals surface area contributed by atoms with Crippen molar-refractivity contribution >= 4 is 40.4 Å². The molecule has 0 saturated carbocycles. The van der Waals surface area contributed by atoms with Crippen molar-refractivity contribution in [2.24, 2.45) is 4.99 Å². The van der Waals surface area contributed by atoms with Crippen LogP contribution in [-0.4, -0.2) is 35.6 Å². The van der Waals surface area contributed by atoms with Crippen LogP contribution < -0.4 is 24.5 Å². The number of rotatable bonds is 6. The Morgan fingerprint density at radius 3 is 2.45 bits per heavy atom. The Kier molecular flexibility index (Phi) is 6.95. The van der Waals surface area contributed by atoms with E-state index >= 15 is 0 Å². The Morgan fingerprint density at radius 2 is 1.76 bits per heavy atom. The number of likely N-dealkylation sites (N-methyl/N-ethyl adjacent to an activating group) is 1. The molecule has 2 aromatic carbocycles. The molecule has 2 aromatic heterocycles. The zero-order chi connectivity index (χ0) is 29.5. The van der Waals surface area contributed by atoms with E-state index in [0.29, 0.717) is 33.7 Å². The summed E-state index contributed by atoms with van der Waals surface area (Å²) in [5.74, 6) is -1.21. The van der Waals surface area contributed by atoms with Gasteiger partial charge in [-0.1, -0.05) is 41.7 Å². The number of fused-ring (bicyclic) bond motifs is 2. The Morgan fingerprint density at radius 1 is 1.00 bits per heavy atom. The summed E-state index contributed by atoms with van der Waals surface area (Å²) in [7, 11) is 0. The van der Waals surface area contributed by atoms with Crippen LogP contribution in [0.3, 0.4) is 0 Å². The van der Waals surface area contributed by atoms with E-state index in [4.69, 9.17) is 13.9 Å². The number of nitrogens with zero attached hydrogens (tertiary/aromatic N) is 3. The maximum Gasteiger partial charge on any atom is 0.379 e. The molecule has 11 heteroatoms. The first-order valence-electron chi connectivity index (χ1n) is 13.3. The molecule has 0 bridgehead atoms. The molecular weight excluding hydrogens is 558 g/mol. The van der Waals surface area contributed by atoms with Crippen LogP contribution in [-0.2, 0) is 14.3 Å². The summed E-state index contributed by atoms with van der Waals surface area (Å²) in [6.45, 7) is 5.85. The zero-order valence-corrected chi connectivity index (χ0v) is 23.8. The highest BCUT2D eigenvalue weighted by Crippen LogP contribution is 2.35. The van der Waals surface area contributed by atoms with E-state index in [1.807, 2.05) is 31.2 Å². The summed E-state index contributed by atoms with van der Waals surface area (Å²) >= 11 is 1.11. The fraction of sp³-hybridized carbons (Fsp3) is 0.194. The van der Waals surface area contributed by atoms with E-state index in [2.05, 4.69) is 4.99 Å². The number of amides is 1. The van der Waals surface area contributed by atoms with Gasteiger partial charge in [0.2, 0.25) is 5.76 Å². The van der Waals surface area contributed by atoms with Gasteiger partial charge in [-0.15, -0.1) is 0 Å². The molecule has 0 saturated heterocycles. The molecule has 42 heavy (non-hydrogen) atoms. The van der Waals surface area contributed by atoms with Crippen LogP contribution in [0, 0.1) is 0 Å². The van der Waals surface area contributed by atoms with E-state index in [0.717, 1.165) is 17.0 Å². The molecule has 1 atom stereocenters. The van der Waals surface area contributed by atoms with Gasteiger partial charge in [0, 0.05) is 12.1 Å². The number of benzene rings is 2. The minimum atomic E-state index is -0.890. The maximum atomic E-state index is 14.2. The molecule has 1 unspecified atom stereocenters. The molecule has 0 fully saturated rings. The average molecular weight is 584 g/mol. The molecule has 2 aliphatic heterocycles. The minimum Gasteiger partial charge on any atom is -0.463 e. The third kappa shape index (κ3) is 4.38. The van der Waals surface area contributed by atoms with Gasteiger partial charge in [0.25, 0.3) is 11.5 Å². The molecule has 0 N–H and O–H groups in total. The molecule has 4 heterocycles. The fourth-order valence-corrected chi connectivity index (χ4v) is 6.38. The molecule has 6 rings (SSSR count). The second-order valence-electron chi connectivity index (χ2n) is 9.50. The molecule has 0 radical (unpaired) electrons. The van der Waals surface area contributed by atoms with Gasteiger partial charge in [-0.3, -0.25) is 14.2 Å². The standard InChI is InChI=1S/C31H25N3O7S/c1-4-33-21-10-7-6-9-20(21)24(27(33)35)26-28(36)34-25(23(30(38)39-5-2)17(3)32-31(34)42-26)18-12-14-19(15-13-18)41-29(37)22-11-8-16-40-22/h6-16,25H,4-5H2,1-3H3/b26-24-. The number of carbonyl (C=O) groups is 3. The second kappa shape index (κ2) is 10.7. The normalized spacial score (nSPS) is 17.1. The first-order valence-corrected chi connectivity index (χ1v) is 14.1. The Hall–Kier alpha value is -5.03. The van der Waals surface area contributed by atoms with E-state index in [9.17, 15) is 19.2 Å². The largest absolute Gasteiger partial charge is 0.463 e. The summed E-state index contributed by atoms with van der Waals surface area (Å²) in [6.07, 6.45) is 1.37. The monoisotopic (exact) mass is 583 g/mol. The number of carbonyl (C=O) groups excluding carboxylic acids is 3. The Bertz CT molecular complexity index is 1950. The SMILES string of the molecule is CCOC(=O)C1=C(C)N=c2s/c(=C3\C(=O)N(CC)c4ccccc43)c(=O)n2C1c1ccc(OC(=O)c2ccco2)cc1. The van der Waals surface area contributed by atoms with Crippen molar-refractivity contribution in [2.45, 2.75) is 26.8 Å². The first-order chi connectivity index (χ1) is 20.3. The number of hydrogen-bond donors (Lipinski definition) is 0. The fourth-order valence-electron chi connectivity index (χ4n) is 5.24. The van der Waals surface area contributed by atoms with Gasteiger partial charge >= 0.3 is 11.9 Å². The predicted octanol–water partition coefficient (Wildman–Crippen LogP) is 3.35. The number of thiazole rings is 1. The molecular formula is C31H25N3O7S. The van der Waals surface area contributed by atoms with E-state index < -0.39 is 23.5 Å². The summed E-state index contributed by atoms with van der Waals surface area (Å²) < 4.78 is 17.5. The highest BCUT2D eigenvalue weighted by molar-refractivity contribution is 7.07. The molecule has 4 aromatic rings. The number of aromatic nitrogens is 1. The third-order valence-corrected chi connectivity index (χ3v) is 8.14. The van der Waals surface area contributed by atoms with Gasteiger partial charge < -0.3 is 18.8 Å². The van der Waals surface area contributed by atoms with Crippen LogP contribution in [0.2, 0.25) is 0 Å². The lowest BCUT2D eigenvalue weighted by Crippen LogP contribution is -2.41. The Labute approximate surface area is 243 Å². The molecule has 10 nitrogen and oxygen atoms in total. The highest BCUT2D eigenvalue weighted by Gasteiger charge is 2.37. The quantitative estimate of drug-likeness (QED) is 0.252. The molecule has 0 spiro atoms. The number of anilines is 1. The lowest BCUT2D eigenvalue weighted by Gasteiger charge is -2.24. The predicted molar refractivity (Wildman–Crippen MR) is 154 cm³/mol. The summed E-state index contributed by atoms with van der Waals surface area (Å²) in [4.78, 5) is 59.9. The second-order valence-corrected chi connectivity index (χ2v) is 10.5. The number of hydrogen-bond acceptors (Lipinski definition) is 9. The lowest BCUT2D eigenvalue weighted by molar-refractivity contribution is -0.139. The summed E-state index contributed by atoms with van der Waals surface area (Å²) in [5, 5.41) is 0. The topological polar surface area (TPSA) is 120 Å². The van der Waals surface area contributed by atoms with Crippen LogP contribution in [0.1, 0.15) is 48.5 Å². The highest BCUT2D eigenvalue weighted by atomic mass is 32.1. The summed E-state index contributed by atoms with van der Waals surface area (Å²) in [5.41, 5.74) is 2.46. The van der Waals surface area contributed by atoms with Crippen LogP contribution in [0.4, 0.5) is 5.69 Å². The van der Waals surface area contributed by atoms with E-state index in [-0.39, 0.29) is 34.1 Å². The van der Waals surface area contributed by atoms with Gasteiger partial charge in [0.05, 0.1) is 41.4 Å². The lowest BCUT2D eigenvalue weighted by atomic mass is 9.96. The first kappa shape index (κ1) is 27.2. The Balaban J connectivity index is 1.51. The molecule has 1 amide bonds. The van der Waals surface area contributed by atoms with Crippen LogP contribution >= 0.6 is 11.3 Å². The maximum absolute atomic E-state index is 14.2. The van der Waals surface area contributed by atoms with E-state index in [1.54, 1.807) is 49.1 Å². The minimum absolute atomic E-state index is 0.0558. The van der Waals surface area contributed by atoms with E-state index in [1.165, 1.54) is 16.9 Å². The number of esters is 2. The number of allylic oxidation sites excluding steroid dienone is 1. The molecule has 212 valence electrons. The van der Waals surface area contributed by atoms with Crippen LogP contribution in [0.25, 0.3) is 5.57 Å². The van der Waals surface area contributed by atoms with Crippen LogP contribution in [0.5, 0.6) is 5.75 Å². The molecule has 2 aliphatic rings. The van der Waals surface area contributed by atoms with Gasteiger partial charge in [-0.25, -0.2) is 14.6 Å². The van der Waals surface area contributed by atoms with Gasteiger partial charge in [-0.05, 0) is 56.7 Å². The summed E-state index contributed by atoms with van der Waals surface area (Å²) in [6, 6.07) is 16.0. The van der Waals surface area contributed by atoms with Crippen molar-refractivity contribution in [1.29, 1.82) is 0 Å². The van der Waals surface area contributed by atoms with Gasteiger partial charge in [0.1, 0.15) is 10.3 Å². The van der Waals surface area contributed by atoms with Crippen molar-refractivity contribution in [2.75, 3.05) is 18.1 Å². The number of ether oxygens (including phenoxy) is 2. The van der Waals surface area contributed by atoms with Crippen molar-refractivity contribution in [3.63, 3.8) is 0 Å². The van der Waals surface area contributed by atoms with Crippen molar-refractivity contribution in [3.8, 4) is 5.75 Å². The van der Waals surface area contributed by atoms with Crippen LogP contribution in [0.15, 0.2) is 92.4 Å². The van der Waals surface area contributed by atoms with Crippen molar-refractivity contribution in [3.05, 3.63) is 115 Å². The van der Waals surface area contributed by atoms with Crippen molar-refractivity contribution in [1.82, 2.24) is 4.57 Å². The zero-order valence-electron chi connectivity index (χ0n) is 23.0.